The Morgan fingerprint density at radius 2 is 2.11 bits per heavy atom. The summed E-state index contributed by atoms with van der Waals surface area (Å²) >= 11 is 0. The van der Waals surface area contributed by atoms with Gasteiger partial charge in [-0.15, -0.1) is 9.42 Å². The third-order valence-corrected chi connectivity index (χ3v) is 5.07. The summed E-state index contributed by atoms with van der Waals surface area (Å²) in [7, 11) is -2.90. The summed E-state index contributed by atoms with van der Waals surface area (Å²) in [6.07, 6.45) is 3.57. The van der Waals surface area contributed by atoms with E-state index in [0.29, 0.717) is 17.8 Å². The van der Waals surface area contributed by atoms with E-state index in [0.717, 1.165) is 25.7 Å². The molecule has 0 bridgehead atoms. The predicted molar refractivity (Wildman–Crippen MR) is 99.3 cm³/mol. The Morgan fingerprint density at radius 1 is 1.29 bits per heavy atom. The maximum absolute atomic E-state index is 11.3. The second-order valence-corrected chi connectivity index (χ2v) is 7.22. The fourth-order valence-electron chi connectivity index (χ4n) is 3.29. The zero-order chi connectivity index (χ0) is 20.1. The van der Waals surface area contributed by atoms with Gasteiger partial charge in [-0.2, -0.15) is 0 Å². The maximum Gasteiger partial charge on any atom is 0.695 e. The second-order valence-electron chi connectivity index (χ2n) is 6.53. The Balaban J connectivity index is 1.87. The average Bonchev–Trinajstić information content (AvgIpc) is 3.24. The van der Waals surface area contributed by atoms with Gasteiger partial charge in [-0.3, -0.25) is 4.57 Å². The molecular weight excluding hydrogens is 389 g/mol. The quantitative estimate of drug-likeness (QED) is 0.383. The summed E-state index contributed by atoms with van der Waals surface area (Å²) in [4.78, 5) is 21.6. The Morgan fingerprint density at radius 3 is 2.82 bits per heavy atom. The van der Waals surface area contributed by atoms with Gasteiger partial charge in [0.25, 0.3) is 0 Å². The molecule has 0 saturated carbocycles. The fraction of sp³-hybridized carbons (Fsp3) is 0.688. The molecule has 0 radical (unpaired) electrons. The minimum absolute atomic E-state index is 0.226. The molecule has 2 aromatic rings. The monoisotopic (exact) mass is 414 g/mol. The minimum Gasteiger partial charge on any atom is -0.394 e. The number of unbranched alkanes of at least 4 members (excludes halogenated alkanes) is 3. The van der Waals surface area contributed by atoms with Crippen molar-refractivity contribution in [1.29, 1.82) is 0 Å². The molecular formula is C16H25N5O6P+. The van der Waals surface area contributed by atoms with Gasteiger partial charge in [-0.25, -0.2) is 15.0 Å². The lowest BCUT2D eigenvalue weighted by Crippen LogP contribution is -2.37. The van der Waals surface area contributed by atoms with Crippen molar-refractivity contribution in [3.05, 3.63) is 12.7 Å². The van der Waals surface area contributed by atoms with Crippen LogP contribution in [0.1, 0.15) is 38.8 Å². The molecule has 1 aliphatic heterocycles. The van der Waals surface area contributed by atoms with Crippen LogP contribution < -0.4 is 5.73 Å². The number of anilines is 1. The second kappa shape index (κ2) is 9.64. The summed E-state index contributed by atoms with van der Waals surface area (Å²) in [5.74, 6) is 0.226. The van der Waals surface area contributed by atoms with Gasteiger partial charge in [0.05, 0.1) is 12.9 Å². The van der Waals surface area contributed by atoms with E-state index in [1.165, 1.54) is 12.7 Å². The number of aromatic nitrogens is 4. The van der Waals surface area contributed by atoms with Crippen molar-refractivity contribution < 1.29 is 28.6 Å². The van der Waals surface area contributed by atoms with Gasteiger partial charge in [0.1, 0.15) is 24.1 Å². The lowest BCUT2D eigenvalue weighted by Gasteiger charge is -2.22. The zero-order valence-electron chi connectivity index (χ0n) is 15.5. The van der Waals surface area contributed by atoms with Crippen LogP contribution in [0.15, 0.2) is 12.7 Å². The van der Waals surface area contributed by atoms with E-state index in [1.54, 1.807) is 4.57 Å². The van der Waals surface area contributed by atoms with Crippen LogP contribution >= 0.6 is 8.25 Å². The van der Waals surface area contributed by atoms with Gasteiger partial charge in [-0.05, 0) is 6.42 Å². The molecule has 1 aliphatic rings. The molecule has 3 heterocycles. The Hall–Kier alpha value is -1.75. The highest BCUT2D eigenvalue weighted by Crippen LogP contribution is 2.38. The van der Waals surface area contributed by atoms with E-state index < -0.39 is 39.4 Å². The van der Waals surface area contributed by atoms with Crippen molar-refractivity contribution in [2.75, 3.05) is 18.9 Å². The number of rotatable bonds is 10. The van der Waals surface area contributed by atoms with Gasteiger partial charge in [0, 0.05) is 11.2 Å². The molecule has 4 N–H and O–H groups in total. The van der Waals surface area contributed by atoms with Crippen LogP contribution in [0.4, 0.5) is 5.82 Å². The number of nitrogens with two attached hydrogens (primary N) is 1. The van der Waals surface area contributed by atoms with Gasteiger partial charge < -0.3 is 20.3 Å². The summed E-state index contributed by atoms with van der Waals surface area (Å²) in [5.41, 5.74) is 6.68. The summed E-state index contributed by atoms with van der Waals surface area (Å²) < 4.78 is 29.9. The minimum atomic E-state index is -2.90. The number of hydrogen-bond donors (Lipinski definition) is 3. The SMILES string of the molecule is CCCCCCOC1C(O[P+](=O)O)C(CO)OC1n1cnc2c(N)ncnc21. The van der Waals surface area contributed by atoms with Crippen molar-refractivity contribution in [2.24, 2.45) is 0 Å². The van der Waals surface area contributed by atoms with Crippen LogP contribution in [-0.2, 0) is 18.6 Å². The summed E-state index contributed by atoms with van der Waals surface area (Å²) in [6, 6.07) is 0. The van der Waals surface area contributed by atoms with Crippen LogP contribution in [0, 0.1) is 0 Å². The van der Waals surface area contributed by atoms with E-state index in [-0.39, 0.29) is 5.82 Å². The van der Waals surface area contributed by atoms with E-state index in [1.807, 2.05) is 0 Å². The molecule has 0 aromatic carbocycles. The summed E-state index contributed by atoms with van der Waals surface area (Å²) in [5, 5.41) is 9.67. The molecule has 0 aliphatic carbocycles. The van der Waals surface area contributed by atoms with Crippen LogP contribution in [0.5, 0.6) is 0 Å². The maximum atomic E-state index is 11.3. The molecule has 2 aromatic heterocycles. The zero-order valence-corrected chi connectivity index (χ0v) is 16.4. The summed E-state index contributed by atoms with van der Waals surface area (Å²) in [6.45, 7) is 2.14. The third-order valence-electron chi connectivity index (χ3n) is 4.65. The van der Waals surface area contributed by atoms with Crippen molar-refractivity contribution >= 4 is 25.2 Å². The van der Waals surface area contributed by atoms with E-state index >= 15 is 0 Å². The molecule has 5 unspecified atom stereocenters. The molecule has 28 heavy (non-hydrogen) atoms. The number of ether oxygens (including phenoxy) is 2. The number of fused-ring (bicyclic) bond motifs is 1. The third kappa shape index (κ3) is 4.45. The Bertz CT molecular complexity index is 805. The number of nitrogens with zero attached hydrogens (tertiary/aromatic N) is 4. The van der Waals surface area contributed by atoms with Gasteiger partial charge in [-0.1, -0.05) is 26.2 Å². The first kappa shape index (κ1) is 21.0. The fourth-order valence-corrected chi connectivity index (χ4v) is 3.76. The van der Waals surface area contributed by atoms with Crippen molar-refractivity contribution in [3.63, 3.8) is 0 Å². The Labute approximate surface area is 162 Å². The Kier molecular flexibility index (Phi) is 7.22. The van der Waals surface area contributed by atoms with Gasteiger partial charge in [0.2, 0.25) is 0 Å². The lowest BCUT2D eigenvalue weighted by molar-refractivity contribution is -0.0705. The first-order valence-electron chi connectivity index (χ1n) is 9.20. The smallest absolute Gasteiger partial charge is 0.394 e. The van der Waals surface area contributed by atoms with Crippen LogP contribution in [-0.4, -0.2) is 61.0 Å². The van der Waals surface area contributed by atoms with Crippen molar-refractivity contribution in [3.8, 4) is 0 Å². The standard InChI is InChI=1S/C16H24N5O6P/c1-2-3-4-5-6-25-13-12(27-28(23)24)10(7-22)26-16(13)21-9-20-11-14(17)18-8-19-15(11)21/h8-10,12-13,16,22H,2-7H2,1H3,(H2-,17,18,19,23,24)/p+1. The topological polar surface area (TPSA) is 155 Å². The molecule has 1 fully saturated rings. The first-order valence-corrected chi connectivity index (χ1v) is 10.3. The number of imidazole rings is 1. The van der Waals surface area contributed by atoms with E-state index in [9.17, 15) is 14.6 Å². The largest absolute Gasteiger partial charge is 0.695 e. The predicted octanol–water partition coefficient (Wildman–Crippen LogP) is 1.30. The highest BCUT2D eigenvalue weighted by Gasteiger charge is 2.51. The van der Waals surface area contributed by atoms with Crippen LogP contribution in [0.3, 0.4) is 0 Å². The van der Waals surface area contributed by atoms with E-state index in [2.05, 4.69) is 21.9 Å². The van der Waals surface area contributed by atoms with Gasteiger partial charge in [0.15, 0.2) is 23.8 Å². The molecule has 0 amide bonds. The molecule has 0 spiro atoms. The average molecular weight is 414 g/mol. The molecule has 3 rings (SSSR count). The molecule has 154 valence electrons. The number of hydrogen-bond acceptors (Lipinski definition) is 9. The van der Waals surface area contributed by atoms with E-state index in [4.69, 9.17) is 19.7 Å². The highest BCUT2D eigenvalue weighted by atomic mass is 31.1. The highest BCUT2D eigenvalue weighted by molar-refractivity contribution is 7.32. The van der Waals surface area contributed by atoms with Crippen molar-refractivity contribution in [1.82, 2.24) is 19.5 Å². The van der Waals surface area contributed by atoms with Gasteiger partial charge >= 0.3 is 8.25 Å². The number of aliphatic hydroxyl groups is 1. The lowest BCUT2D eigenvalue weighted by atomic mass is 10.1. The van der Waals surface area contributed by atoms with Crippen LogP contribution in [0.25, 0.3) is 11.2 Å². The molecule has 12 heteroatoms. The van der Waals surface area contributed by atoms with Crippen LogP contribution in [0.2, 0.25) is 0 Å². The number of aliphatic hydroxyl groups excluding tert-OH is 1. The normalized spacial score (nSPS) is 25.5. The molecule has 1 saturated heterocycles. The molecule has 11 nitrogen and oxygen atoms in total. The van der Waals surface area contributed by atoms with Crippen molar-refractivity contribution in [2.45, 2.75) is 57.1 Å². The number of nitrogen functional groups attached to an aromatic ring is 1. The molecule has 5 atom stereocenters. The first-order chi connectivity index (χ1) is 13.6.